The minimum atomic E-state index is -0.433. The second-order valence-corrected chi connectivity index (χ2v) is 5.04. The molecule has 3 nitrogen and oxygen atoms in total. The molecule has 90 valence electrons. The zero-order valence-corrected chi connectivity index (χ0v) is 10.2. The molecule has 0 amide bonds. The van der Waals surface area contributed by atoms with Gasteiger partial charge in [-0.1, -0.05) is 12.2 Å². The highest BCUT2D eigenvalue weighted by atomic mass is 16.7. The third-order valence-corrected chi connectivity index (χ3v) is 3.82. The first-order valence-electron chi connectivity index (χ1n) is 6.07. The molecule has 2 aliphatic carbocycles. The Morgan fingerprint density at radius 3 is 2.81 bits per heavy atom. The Morgan fingerprint density at radius 2 is 2.31 bits per heavy atom. The van der Waals surface area contributed by atoms with Gasteiger partial charge in [-0.25, -0.2) is 0 Å². The van der Waals surface area contributed by atoms with Gasteiger partial charge in [0.1, 0.15) is 0 Å². The number of carbonyl (C=O) groups excluding carboxylic acids is 1. The van der Waals surface area contributed by atoms with Gasteiger partial charge in [-0.15, -0.1) is 0 Å². The summed E-state index contributed by atoms with van der Waals surface area (Å²) in [5, 5.41) is 0. The van der Waals surface area contributed by atoms with Crippen LogP contribution in [0.5, 0.6) is 0 Å². The Kier molecular flexibility index (Phi) is 3.06. The van der Waals surface area contributed by atoms with E-state index >= 15 is 0 Å². The first-order chi connectivity index (χ1) is 7.56. The molecule has 0 N–H and O–H groups in total. The Morgan fingerprint density at radius 1 is 1.56 bits per heavy atom. The Bertz CT molecular complexity index is 310. The summed E-state index contributed by atoms with van der Waals surface area (Å²) >= 11 is 0. The first-order valence-corrected chi connectivity index (χ1v) is 6.07. The van der Waals surface area contributed by atoms with E-state index in [1.54, 1.807) is 6.92 Å². The fourth-order valence-electron chi connectivity index (χ4n) is 2.88. The lowest BCUT2D eigenvalue weighted by Gasteiger charge is -2.30. The summed E-state index contributed by atoms with van der Waals surface area (Å²) in [6, 6.07) is 0. The molecule has 0 radical (unpaired) electrons. The smallest absolute Gasteiger partial charge is 0.314 e. The quantitative estimate of drug-likeness (QED) is 0.418. The summed E-state index contributed by atoms with van der Waals surface area (Å²) in [4.78, 5) is 12.1. The average Bonchev–Trinajstić information content (AvgIpc) is 2.77. The van der Waals surface area contributed by atoms with Crippen molar-refractivity contribution in [3.63, 3.8) is 0 Å². The molecule has 2 aliphatic rings. The molecule has 0 aromatic carbocycles. The van der Waals surface area contributed by atoms with Crippen molar-refractivity contribution in [1.29, 1.82) is 0 Å². The summed E-state index contributed by atoms with van der Waals surface area (Å²) in [5.74, 6) is 0.828. The third-order valence-electron chi connectivity index (χ3n) is 3.82. The van der Waals surface area contributed by atoms with Crippen molar-refractivity contribution in [3.05, 3.63) is 12.2 Å². The number of esters is 1. The second-order valence-electron chi connectivity index (χ2n) is 5.04. The van der Waals surface area contributed by atoms with Crippen molar-refractivity contribution >= 4 is 5.97 Å². The van der Waals surface area contributed by atoms with Gasteiger partial charge in [0.25, 0.3) is 0 Å². The highest BCUT2D eigenvalue weighted by molar-refractivity contribution is 5.78. The van der Waals surface area contributed by atoms with Gasteiger partial charge in [0.05, 0.1) is 5.41 Å². The van der Waals surface area contributed by atoms with E-state index < -0.39 is 6.29 Å². The van der Waals surface area contributed by atoms with E-state index in [-0.39, 0.29) is 11.4 Å². The van der Waals surface area contributed by atoms with E-state index in [2.05, 4.69) is 12.2 Å². The van der Waals surface area contributed by atoms with Gasteiger partial charge >= 0.3 is 5.97 Å². The van der Waals surface area contributed by atoms with Crippen LogP contribution in [0.1, 0.15) is 33.6 Å². The molecule has 4 unspecified atom stereocenters. The topological polar surface area (TPSA) is 35.5 Å². The second kappa shape index (κ2) is 4.21. The molecule has 0 aromatic rings. The number of carbonyl (C=O) groups is 1. The monoisotopic (exact) mass is 224 g/mol. The molecular formula is C13H20O3. The van der Waals surface area contributed by atoms with Crippen LogP contribution in [0.15, 0.2) is 12.2 Å². The van der Waals surface area contributed by atoms with Gasteiger partial charge in [-0.2, -0.15) is 0 Å². The number of allylic oxidation sites excluding steroid dienone is 2. The Balaban J connectivity index is 1.97. The van der Waals surface area contributed by atoms with E-state index in [0.717, 1.165) is 12.8 Å². The van der Waals surface area contributed by atoms with Gasteiger partial charge in [-0.3, -0.25) is 4.79 Å². The fourth-order valence-corrected chi connectivity index (χ4v) is 2.88. The zero-order valence-electron chi connectivity index (χ0n) is 10.2. The van der Waals surface area contributed by atoms with Crippen molar-refractivity contribution in [1.82, 2.24) is 0 Å². The van der Waals surface area contributed by atoms with Crippen molar-refractivity contribution in [2.24, 2.45) is 17.3 Å². The van der Waals surface area contributed by atoms with Crippen LogP contribution in [0.3, 0.4) is 0 Å². The molecular weight excluding hydrogens is 204 g/mol. The summed E-state index contributed by atoms with van der Waals surface area (Å²) in [5.41, 5.74) is -0.329. The summed E-state index contributed by atoms with van der Waals surface area (Å²) in [6.07, 6.45) is 5.99. The van der Waals surface area contributed by atoms with Gasteiger partial charge in [0.2, 0.25) is 0 Å². The highest BCUT2D eigenvalue weighted by Crippen LogP contribution is 2.52. The summed E-state index contributed by atoms with van der Waals surface area (Å²) in [6.45, 7) is 6.25. The molecule has 2 rings (SSSR count). The predicted molar refractivity (Wildman–Crippen MR) is 60.6 cm³/mol. The van der Waals surface area contributed by atoms with E-state index in [1.165, 1.54) is 0 Å². The van der Waals surface area contributed by atoms with Crippen LogP contribution in [-0.2, 0) is 14.3 Å². The van der Waals surface area contributed by atoms with E-state index in [9.17, 15) is 4.79 Å². The molecule has 3 heteroatoms. The van der Waals surface area contributed by atoms with E-state index in [0.29, 0.717) is 18.4 Å². The highest BCUT2D eigenvalue weighted by Gasteiger charge is 2.51. The van der Waals surface area contributed by atoms with Crippen molar-refractivity contribution in [3.8, 4) is 0 Å². The number of ether oxygens (including phenoxy) is 2. The lowest BCUT2D eigenvalue weighted by molar-refractivity contribution is -0.186. The van der Waals surface area contributed by atoms with Crippen molar-refractivity contribution in [2.45, 2.75) is 39.9 Å². The van der Waals surface area contributed by atoms with Gasteiger partial charge < -0.3 is 9.47 Å². The fraction of sp³-hybridized carbons (Fsp3) is 0.769. The van der Waals surface area contributed by atoms with Gasteiger partial charge in [0, 0.05) is 6.61 Å². The molecule has 0 spiro atoms. The largest absolute Gasteiger partial charge is 0.436 e. The molecule has 2 bridgehead atoms. The standard InChI is InChI=1S/C13H20O3/c1-4-15-9(2)16-12(14)13(3)8-10-5-6-11(13)7-10/h5-6,9-11H,4,7-8H2,1-3H3. The van der Waals surface area contributed by atoms with Crippen LogP contribution in [-0.4, -0.2) is 18.9 Å². The lowest BCUT2D eigenvalue weighted by atomic mass is 9.78. The maximum Gasteiger partial charge on any atom is 0.314 e. The normalized spacial score (nSPS) is 37.7. The maximum absolute atomic E-state index is 12.1. The SMILES string of the molecule is CCOC(C)OC(=O)C1(C)CC2C=CC1C2. The van der Waals surface area contributed by atoms with Crippen LogP contribution >= 0.6 is 0 Å². The lowest BCUT2D eigenvalue weighted by Crippen LogP contribution is -2.36. The number of hydrogen-bond donors (Lipinski definition) is 0. The number of rotatable bonds is 4. The van der Waals surface area contributed by atoms with E-state index in [1.807, 2.05) is 13.8 Å². The van der Waals surface area contributed by atoms with Crippen LogP contribution in [0, 0.1) is 17.3 Å². The first kappa shape index (κ1) is 11.6. The molecule has 16 heavy (non-hydrogen) atoms. The minimum absolute atomic E-state index is 0.106. The van der Waals surface area contributed by atoms with Crippen LogP contribution < -0.4 is 0 Å². The van der Waals surface area contributed by atoms with Crippen LogP contribution in [0.25, 0.3) is 0 Å². The summed E-state index contributed by atoms with van der Waals surface area (Å²) < 4.78 is 10.6. The molecule has 0 aliphatic heterocycles. The molecule has 1 fully saturated rings. The minimum Gasteiger partial charge on any atom is -0.436 e. The number of fused-ring (bicyclic) bond motifs is 2. The van der Waals surface area contributed by atoms with E-state index in [4.69, 9.17) is 9.47 Å². The Labute approximate surface area is 96.8 Å². The van der Waals surface area contributed by atoms with Crippen LogP contribution in [0.4, 0.5) is 0 Å². The van der Waals surface area contributed by atoms with Gasteiger partial charge in [-0.05, 0) is 45.4 Å². The van der Waals surface area contributed by atoms with Crippen molar-refractivity contribution in [2.75, 3.05) is 6.61 Å². The van der Waals surface area contributed by atoms with Crippen LogP contribution in [0.2, 0.25) is 0 Å². The molecule has 1 saturated carbocycles. The molecule has 0 aromatic heterocycles. The number of hydrogen-bond acceptors (Lipinski definition) is 3. The molecule has 0 heterocycles. The maximum atomic E-state index is 12.1. The predicted octanol–water partition coefficient (Wildman–Crippen LogP) is 2.51. The average molecular weight is 224 g/mol. The zero-order chi connectivity index (χ0) is 11.8. The molecule has 4 atom stereocenters. The third kappa shape index (κ3) is 1.88. The van der Waals surface area contributed by atoms with Crippen molar-refractivity contribution < 1.29 is 14.3 Å². The molecule has 0 saturated heterocycles. The van der Waals surface area contributed by atoms with Gasteiger partial charge in [0.15, 0.2) is 6.29 Å². The summed E-state index contributed by atoms with van der Waals surface area (Å²) in [7, 11) is 0. The Hall–Kier alpha value is -0.830.